The molecular weight excluding hydrogens is 534 g/mol. The number of nitrogens with one attached hydrogen (secondary N) is 4. The van der Waals surface area contributed by atoms with Crippen LogP contribution in [0.15, 0.2) is 18.2 Å². The SMILES string of the molecule is CC(C)NCC(=O)NC(C(=O)NCC(=O)Nc1ccc(COC(=O)C(C)C)c(C(=O)N2CC(C(=O)O)C2)c1)C(C)C. The van der Waals surface area contributed by atoms with Crippen molar-refractivity contribution in [1.82, 2.24) is 20.9 Å². The van der Waals surface area contributed by atoms with E-state index in [-0.39, 0.29) is 67.8 Å². The fraction of sp³-hybridized carbons (Fsp3) is 0.571. The lowest BCUT2D eigenvalue weighted by molar-refractivity contribution is -0.149. The molecule has 2 rings (SSSR count). The first kappa shape index (κ1) is 33.2. The highest BCUT2D eigenvalue weighted by molar-refractivity contribution is 6.00. The van der Waals surface area contributed by atoms with Crippen LogP contribution in [0.1, 0.15) is 57.5 Å². The smallest absolute Gasteiger partial charge is 0.310 e. The summed E-state index contributed by atoms with van der Waals surface area (Å²) in [6.07, 6.45) is 0. The van der Waals surface area contributed by atoms with Gasteiger partial charge in [0.05, 0.1) is 24.9 Å². The Kier molecular flexibility index (Phi) is 12.2. The van der Waals surface area contributed by atoms with Crippen molar-refractivity contribution in [3.05, 3.63) is 29.3 Å². The van der Waals surface area contributed by atoms with Crippen molar-refractivity contribution in [2.45, 2.75) is 60.2 Å². The number of carboxylic acids is 1. The molecule has 1 atom stereocenters. The quantitative estimate of drug-likeness (QED) is 0.200. The van der Waals surface area contributed by atoms with Gasteiger partial charge in [-0.25, -0.2) is 0 Å². The lowest BCUT2D eigenvalue weighted by atomic mass is 9.97. The summed E-state index contributed by atoms with van der Waals surface area (Å²) in [7, 11) is 0. The number of ether oxygens (including phenoxy) is 1. The third-order valence-corrected chi connectivity index (χ3v) is 6.34. The molecule has 1 aromatic carbocycles. The number of carboxylic acid groups (broad SMARTS) is 1. The van der Waals surface area contributed by atoms with Gasteiger partial charge in [-0.2, -0.15) is 0 Å². The molecule has 0 bridgehead atoms. The summed E-state index contributed by atoms with van der Waals surface area (Å²) < 4.78 is 5.28. The van der Waals surface area contributed by atoms with E-state index in [2.05, 4.69) is 21.3 Å². The Morgan fingerprint density at radius 2 is 1.63 bits per heavy atom. The molecular formula is C28H41N5O8. The number of anilines is 1. The number of aliphatic carboxylic acids is 1. The first-order chi connectivity index (χ1) is 19.2. The summed E-state index contributed by atoms with van der Waals surface area (Å²) in [5.41, 5.74) is 0.816. The van der Waals surface area contributed by atoms with Crippen molar-refractivity contribution in [1.29, 1.82) is 0 Å². The number of hydrogen-bond donors (Lipinski definition) is 5. The van der Waals surface area contributed by atoms with E-state index < -0.39 is 41.6 Å². The van der Waals surface area contributed by atoms with Gasteiger partial charge in [0, 0.05) is 35.9 Å². The molecule has 13 nitrogen and oxygen atoms in total. The van der Waals surface area contributed by atoms with Crippen molar-refractivity contribution >= 4 is 41.3 Å². The Morgan fingerprint density at radius 1 is 0.976 bits per heavy atom. The Balaban J connectivity index is 2.07. The average Bonchev–Trinajstić information content (AvgIpc) is 2.86. The van der Waals surface area contributed by atoms with E-state index in [0.717, 1.165) is 0 Å². The molecule has 0 radical (unpaired) electrons. The minimum Gasteiger partial charge on any atom is -0.481 e. The van der Waals surface area contributed by atoms with Gasteiger partial charge in [0.15, 0.2) is 0 Å². The molecule has 1 saturated heterocycles. The van der Waals surface area contributed by atoms with Crippen LogP contribution in [-0.4, -0.2) is 83.8 Å². The van der Waals surface area contributed by atoms with Crippen molar-refractivity contribution in [2.75, 3.05) is 31.5 Å². The molecule has 1 aliphatic heterocycles. The van der Waals surface area contributed by atoms with Crippen LogP contribution in [-0.2, 0) is 35.3 Å². The predicted molar refractivity (Wildman–Crippen MR) is 150 cm³/mol. The van der Waals surface area contributed by atoms with Crippen LogP contribution in [0.4, 0.5) is 5.69 Å². The fourth-order valence-corrected chi connectivity index (χ4v) is 3.80. The molecule has 41 heavy (non-hydrogen) atoms. The largest absolute Gasteiger partial charge is 0.481 e. The molecule has 0 aliphatic carbocycles. The summed E-state index contributed by atoms with van der Waals surface area (Å²) in [4.78, 5) is 75.2. The standard InChI is InChI=1S/C28H41N5O8/c1-15(2)24(32-23(35)10-29-17(5)6)25(36)30-11-22(34)31-20-8-7-18(14-41-28(40)16(3)4)21(9-20)26(37)33-12-19(13-33)27(38)39/h7-9,15-17,19,24,29H,10-14H2,1-6H3,(H,30,36)(H,31,34)(H,32,35)(H,38,39). The van der Waals surface area contributed by atoms with Crippen molar-refractivity contribution in [2.24, 2.45) is 17.8 Å². The highest BCUT2D eigenvalue weighted by Crippen LogP contribution is 2.24. The van der Waals surface area contributed by atoms with E-state index in [1.807, 2.05) is 13.8 Å². The van der Waals surface area contributed by atoms with Gasteiger partial charge in [0.2, 0.25) is 17.7 Å². The molecule has 4 amide bonds. The molecule has 13 heteroatoms. The van der Waals surface area contributed by atoms with Crippen molar-refractivity contribution in [3.63, 3.8) is 0 Å². The van der Waals surface area contributed by atoms with E-state index in [1.54, 1.807) is 33.8 Å². The summed E-state index contributed by atoms with van der Waals surface area (Å²) >= 11 is 0. The molecule has 0 aromatic heterocycles. The first-order valence-corrected chi connectivity index (χ1v) is 13.6. The maximum Gasteiger partial charge on any atom is 0.310 e. The lowest BCUT2D eigenvalue weighted by Gasteiger charge is -2.37. The van der Waals surface area contributed by atoms with Crippen molar-refractivity contribution in [3.8, 4) is 0 Å². The molecule has 1 unspecified atom stereocenters. The fourth-order valence-electron chi connectivity index (χ4n) is 3.80. The predicted octanol–water partition coefficient (Wildman–Crippen LogP) is 0.736. The van der Waals surface area contributed by atoms with Crippen LogP contribution in [0.3, 0.4) is 0 Å². The van der Waals surface area contributed by atoms with Crippen LogP contribution >= 0.6 is 0 Å². The number of benzene rings is 1. The minimum atomic E-state index is -0.991. The normalized spacial score (nSPS) is 13.9. The second-order valence-electron chi connectivity index (χ2n) is 11.0. The third kappa shape index (κ3) is 10.2. The number of rotatable bonds is 14. The summed E-state index contributed by atoms with van der Waals surface area (Å²) in [6, 6.07) is 3.76. The van der Waals surface area contributed by atoms with Crippen LogP contribution in [0.25, 0.3) is 0 Å². The zero-order chi connectivity index (χ0) is 30.9. The monoisotopic (exact) mass is 575 g/mol. The second-order valence-corrected chi connectivity index (χ2v) is 11.0. The van der Waals surface area contributed by atoms with Gasteiger partial charge in [0.1, 0.15) is 12.6 Å². The average molecular weight is 576 g/mol. The number of likely N-dealkylation sites (tertiary alicyclic amines) is 1. The summed E-state index contributed by atoms with van der Waals surface area (Å²) in [5, 5.41) is 19.9. The first-order valence-electron chi connectivity index (χ1n) is 13.6. The molecule has 1 aromatic rings. The van der Waals surface area contributed by atoms with Crippen LogP contribution in [0, 0.1) is 17.8 Å². The van der Waals surface area contributed by atoms with Crippen LogP contribution in [0.2, 0.25) is 0 Å². The maximum atomic E-state index is 13.1. The van der Waals surface area contributed by atoms with Crippen LogP contribution < -0.4 is 21.3 Å². The van der Waals surface area contributed by atoms with Gasteiger partial charge >= 0.3 is 11.9 Å². The zero-order valence-corrected chi connectivity index (χ0v) is 24.4. The Bertz CT molecular complexity index is 1140. The van der Waals surface area contributed by atoms with Gasteiger partial charge in [-0.05, 0) is 18.1 Å². The highest BCUT2D eigenvalue weighted by atomic mass is 16.5. The number of carbonyl (C=O) groups is 6. The van der Waals surface area contributed by atoms with E-state index in [9.17, 15) is 28.8 Å². The number of nitrogens with zero attached hydrogens (tertiary/aromatic N) is 1. The highest BCUT2D eigenvalue weighted by Gasteiger charge is 2.36. The number of hydrogen-bond acceptors (Lipinski definition) is 8. The van der Waals surface area contributed by atoms with Gasteiger partial charge in [-0.1, -0.05) is 47.6 Å². The zero-order valence-electron chi connectivity index (χ0n) is 24.4. The van der Waals surface area contributed by atoms with Crippen LogP contribution in [0.5, 0.6) is 0 Å². The molecule has 1 heterocycles. The molecule has 1 aliphatic rings. The van der Waals surface area contributed by atoms with Gasteiger partial charge in [-0.3, -0.25) is 28.8 Å². The summed E-state index contributed by atoms with van der Waals surface area (Å²) in [6.45, 7) is 10.3. The molecule has 226 valence electrons. The summed E-state index contributed by atoms with van der Waals surface area (Å²) in [5.74, 6) is -4.57. The minimum absolute atomic E-state index is 0.0447. The molecule has 0 spiro atoms. The van der Waals surface area contributed by atoms with Gasteiger partial charge < -0.3 is 36.0 Å². The van der Waals surface area contributed by atoms with Gasteiger partial charge in [0.25, 0.3) is 5.91 Å². The van der Waals surface area contributed by atoms with Crippen molar-refractivity contribution < 1.29 is 38.6 Å². The molecule has 5 N–H and O–H groups in total. The Morgan fingerprint density at radius 3 is 2.20 bits per heavy atom. The Hall–Kier alpha value is -4.00. The number of esters is 1. The van der Waals surface area contributed by atoms with E-state index >= 15 is 0 Å². The van der Waals surface area contributed by atoms with E-state index in [1.165, 1.54) is 17.0 Å². The molecule has 0 saturated carbocycles. The lowest BCUT2D eigenvalue weighted by Crippen LogP contribution is -2.53. The Labute approximate surface area is 239 Å². The van der Waals surface area contributed by atoms with Gasteiger partial charge in [-0.15, -0.1) is 0 Å². The topological polar surface area (TPSA) is 183 Å². The second kappa shape index (κ2) is 15.1. The number of carbonyl (C=O) groups excluding carboxylic acids is 5. The number of amides is 4. The third-order valence-electron chi connectivity index (χ3n) is 6.34. The molecule has 1 fully saturated rings. The van der Waals surface area contributed by atoms with E-state index in [0.29, 0.717) is 5.56 Å². The van der Waals surface area contributed by atoms with E-state index in [4.69, 9.17) is 9.84 Å². The maximum absolute atomic E-state index is 13.1.